The van der Waals surface area contributed by atoms with Gasteiger partial charge in [0.15, 0.2) is 0 Å². The molecule has 0 unspecified atom stereocenters. The quantitative estimate of drug-likeness (QED) is 0.677. The Balaban J connectivity index is 1.36. The number of hydrogen-bond donors (Lipinski definition) is 1. The molecule has 4 heterocycles. The minimum atomic E-state index is -0.282. The molecular formula is C18H20N6O3S. The van der Waals surface area contributed by atoms with Crippen molar-refractivity contribution in [2.24, 2.45) is 5.92 Å². The zero-order chi connectivity index (χ0) is 19.5. The molecule has 146 valence electrons. The summed E-state index contributed by atoms with van der Waals surface area (Å²) in [4.78, 5) is 38.0. The van der Waals surface area contributed by atoms with E-state index in [0.29, 0.717) is 25.4 Å². The second kappa shape index (κ2) is 7.93. The molecule has 1 fully saturated rings. The number of thiophene rings is 1. The van der Waals surface area contributed by atoms with Crippen molar-refractivity contribution in [2.75, 3.05) is 13.1 Å². The van der Waals surface area contributed by atoms with Crippen LogP contribution in [0.1, 0.15) is 18.7 Å². The van der Waals surface area contributed by atoms with Crippen LogP contribution in [0.4, 0.5) is 0 Å². The van der Waals surface area contributed by atoms with Crippen molar-refractivity contribution in [1.82, 2.24) is 29.4 Å². The van der Waals surface area contributed by atoms with E-state index < -0.39 is 0 Å². The summed E-state index contributed by atoms with van der Waals surface area (Å²) in [5.41, 5.74) is -0.512. The van der Waals surface area contributed by atoms with Crippen LogP contribution in [-0.2, 0) is 17.8 Å². The number of nitrogens with one attached hydrogen (secondary N) is 1. The van der Waals surface area contributed by atoms with Gasteiger partial charge in [-0.25, -0.2) is 19.1 Å². The number of amides is 1. The molecule has 3 aromatic rings. The van der Waals surface area contributed by atoms with Crippen molar-refractivity contribution in [3.05, 3.63) is 62.5 Å². The smallest absolute Gasteiger partial charge is 0.341 e. The van der Waals surface area contributed by atoms with Crippen LogP contribution >= 0.6 is 11.3 Å². The van der Waals surface area contributed by atoms with Crippen molar-refractivity contribution in [2.45, 2.75) is 25.8 Å². The molecule has 0 atom stereocenters. The summed E-state index contributed by atoms with van der Waals surface area (Å²) in [5.74, 6) is 0.960. The van der Waals surface area contributed by atoms with E-state index >= 15 is 0 Å². The lowest BCUT2D eigenvalue weighted by Crippen LogP contribution is -2.42. The van der Waals surface area contributed by atoms with Crippen LogP contribution in [0.25, 0.3) is 5.00 Å². The zero-order valence-corrected chi connectivity index (χ0v) is 16.0. The number of carbonyl (C=O) groups is 1. The first kappa shape index (κ1) is 18.4. The number of rotatable bonds is 5. The highest BCUT2D eigenvalue weighted by Gasteiger charge is 2.25. The number of aromatic nitrogens is 5. The molecule has 4 rings (SSSR count). The number of carbonyl (C=O) groups excluding carboxylic acids is 1. The van der Waals surface area contributed by atoms with Crippen molar-refractivity contribution in [3.63, 3.8) is 0 Å². The third-order valence-corrected chi connectivity index (χ3v) is 5.83. The number of piperidine rings is 1. The van der Waals surface area contributed by atoms with Crippen LogP contribution in [0, 0.1) is 5.92 Å². The first-order valence-corrected chi connectivity index (χ1v) is 10.00. The Morgan fingerprint density at radius 1 is 1.21 bits per heavy atom. The van der Waals surface area contributed by atoms with Crippen LogP contribution in [0.5, 0.6) is 0 Å². The van der Waals surface area contributed by atoms with E-state index in [-0.39, 0.29) is 23.7 Å². The molecule has 1 aliphatic rings. The second-order valence-corrected chi connectivity index (χ2v) is 7.71. The minimum absolute atomic E-state index is 0.0401. The van der Waals surface area contributed by atoms with Crippen molar-refractivity contribution in [3.8, 4) is 5.00 Å². The van der Waals surface area contributed by atoms with Crippen LogP contribution in [0.15, 0.2) is 45.4 Å². The fourth-order valence-corrected chi connectivity index (χ4v) is 4.22. The van der Waals surface area contributed by atoms with Crippen LogP contribution < -0.4 is 11.2 Å². The maximum absolute atomic E-state index is 12.5. The third-order valence-electron chi connectivity index (χ3n) is 4.98. The molecule has 1 N–H and O–H groups in total. The predicted octanol–water partition coefficient (Wildman–Crippen LogP) is 0.660. The van der Waals surface area contributed by atoms with Gasteiger partial charge >= 0.3 is 5.69 Å². The monoisotopic (exact) mass is 400 g/mol. The summed E-state index contributed by atoms with van der Waals surface area (Å²) in [7, 11) is 0. The summed E-state index contributed by atoms with van der Waals surface area (Å²) in [5, 5.41) is 13.4. The summed E-state index contributed by atoms with van der Waals surface area (Å²) >= 11 is 1.49. The Bertz CT molecular complexity index is 1060. The number of H-pyrrole nitrogens is 1. The number of aromatic amines is 1. The average molecular weight is 400 g/mol. The molecule has 0 aromatic carbocycles. The second-order valence-electron chi connectivity index (χ2n) is 6.78. The van der Waals surface area contributed by atoms with E-state index in [9.17, 15) is 14.4 Å². The Labute approximate surface area is 164 Å². The van der Waals surface area contributed by atoms with E-state index in [1.54, 1.807) is 15.5 Å². The Morgan fingerprint density at radius 3 is 2.75 bits per heavy atom. The molecular weight excluding hydrogens is 380 g/mol. The highest BCUT2D eigenvalue weighted by Crippen LogP contribution is 2.22. The maximum atomic E-state index is 12.5. The maximum Gasteiger partial charge on any atom is 0.348 e. The lowest BCUT2D eigenvalue weighted by atomic mass is 9.93. The first-order valence-electron chi connectivity index (χ1n) is 9.12. The van der Waals surface area contributed by atoms with E-state index in [1.165, 1.54) is 28.3 Å². The van der Waals surface area contributed by atoms with Crippen LogP contribution in [0.2, 0.25) is 0 Å². The molecule has 9 nitrogen and oxygen atoms in total. The Morgan fingerprint density at radius 2 is 2.04 bits per heavy atom. The van der Waals surface area contributed by atoms with E-state index in [2.05, 4.69) is 15.3 Å². The van der Waals surface area contributed by atoms with Gasteiger partial charge in [-0.05, 0) is 42.3 Å². The molecule has 3 aromatic heterocycles. The molecule has 1 saturated heterocycles. The molecule has 0 radical (unpaired) electrons. The predicted molar refractivity (Wildman–Crippen MR) is 104 cm³/mol. The third kappa shape index (κ3) is 3.81. The van der Waals surface area contributed by atoms with Gasteiger partial charge in [0.25, 0.3) is 5.56 Å². The first-order chi connectivity index (χ1) is 13.6. The fourth-order valence-electron chi connectivity index (χ4n) is 3.47. The number of nitrogens with zero attached hydrogens (tertiary/aromatic N) is 5. The Kier molecular flexibility index (Phi) is 5.20. The van der Waals surface area contributed by atoms with Gasteiger partial charge in [0, 0.05) is 31.8 Å². The van der Waals surface area contributed by atoms with Crippen molar-refractivity contribution < 1.29 is 4.79 Å². The van der Waals surface area contributed by atoms with E-state index in [1.807, 2.05) is 17.5 Å². The number of likely N-dealkylation sites (tertiary alicyclic amines) is 1. The van der Waals surface area contributed by atoms with Gasteiger partial charge < -0.3 is 4.90 Å². The SMILES string of the molecule is O=C(Cn1ncccc1=O)N1CCC(Cc2n[nH]c(=O)n2-c2cccs2)CC1. The lowest BCUT2D eigenvalue weighted by molar-refractivity contribution is -0.133. The Hall–Kier alpha value is -3.01. The molecule has 10 heteroatoms. The molecule has 1 amide bonds. The highest BCUT2D eigenvalue weighted by molar-refractivity contribution is 7.12. The fraction of sp³-hybridized carbons (Fsp3) is 0.389. The van der Waals surface area contributed by atoms with Gasteiger partial charge in [0.05, 0.1) is 0 Å². The van der Waals surface area contributed by atoms with Gasteiger partial charge in [0.1, 0.15) is 17.4 Å². The molecule has 1 aliphatic heterocycles. The normalized spacial score (nSPS) is 15.1. The average Bonchev–Trinajstić information content (AvgIpc) is 3.34. The highest BCUT2D eigenvalue weighted by atomic mass is 32.1. The van der Waals surface area contributed by atoms with Gasteiger partial charge in [-0.3, -0.25) is 9.59 Å². The number of hydrogen-bond acceptors (Lipinski definition) is 6. The standard InChI is InChI=1S/C18H20N6O3S/c25-15-3-1-7-19-23(15)12-16(26)22-8-5-13(6-9-22)11-14-20-21-18(27)24(14)17-4-2-10-28-17/h1-4,7,10,13H,5-6,8-9,11-12H2,(H,21,27). The van der Waals surface area contributed by atoms with E-state index in [0.717, 1.165) is 23.7 Å². The topological polar surface area (TPSA) is 106 Å². The van der Waals surface area contributed by atoms with Crippen molar-refractivity contribution >= 4 is 17.2 Å². The van der Waals surface area contributed by atoms with E-state index in [4.69, 9.17) is 0 Å². The van der Waals surface area contributed by atoms with Gasteiger partial charge in [0.2, 0.25) is 5.91 Å². The zero-order valence-electron chi connectivity index (χ0n) is 15.2. The van der Waals surface area contributed by atoms with Crippen LogP contribution in [0.3, 0.4) is 0 Å². The lowest BCUT2D eigenvalue weighted by Gasteiger charge is -2.31. The van der Waals surface area contributed by atoms with Gasteiger partial charge in [-0.15, -0.1) is 11.3 Å². The minimum Gasteiger partial charge on any atom is -0.341 e. The molecule has 0 saturated carbocycles. The van der Waals surface area contributed by atoms with Gasteiger partial charge in [-0.1, -0.05) is 0 Å². The molecule has 0 aliphatic carbocycles. The molecule has 28 heavy (non-hydrogen) atoms. The molecule has 0 bridgehead atoms. The van der Waals surface area contributed by atoms with Crippen LogP contribution in [-0.4, -0.2) is 48.4 Å². The largest absolute Gasteiger partial charge is 0.348 e. The summed E-state index contributed by atoms with van der Waals surface area (Å²) < 4.78 is 2.80. The van der Waals surface area contributed by atoms with Gasteiger partial charge in [-0.2, -0.15) is 10.2 Å². The molecule has 0 spiro atoms. The summed E-state index contributed by atoms with van der Waals surface area (Å²) in [6.45, 7) is 1.21. The summed E-state index contributed by atoms with van der Waals surface area (Å²) in [6, 6.07) is 6.75. The van der Waals surface area contributed by atoms with Crippen molar-refractivity contribution in [1.29, 1.82) is 0 Å². The summed E-state index contributed by atoms with van der Waals surface area (Å²) in [6.07, 6.45) is 3.83.